The van der Waals surface area contributed by atoms with Crippen molar-refractivity contribution in [2.75, 3.05) is 27.3 Å². The van der Waals surface area contributed by atoms with Crippen molar-refractivity contribution in [2.45, 2.75) is 24.0 Å². The molecule has 0 radical (unpaired) electrons. The van der Waals surface area contributed by atoms with Crippen LogP contribution < -0.4 is 9.47 Å². The molecule has 1 aliphatic rings. The van der Waals surface area contributed by atoms with Gasteiger partial charge >= 0.3 is 0 Å². The Morgan fingerprint density at radius 2 is 1.57 bits per heavy atom. The molecule has 1 aliphatic heterocycles. The molecule has 0 saturated carbocycles. The average molecular weight is 317 g/mol. The maximum absolute atomic E-state index is 12.6. The Kier molecular flexibility index (Phi) is 4.43. The maximum Gasteiger partial charge on any atom is 0.243 e. The Balaban J connectivity index is 2.45. The molecule has 2 atom stereocenters. The van der Waals surface area contributed by atoms with Crippen LogP contribution in [-0.2, 0) is 10.0 Å². The van der Waals surface area contributed by atoms with Gasteiger partial charge in [0.2, 0.25) is 10.0 Å². The Hall–Kier alpha value is -1.35. The number of aliphatic hydroxyl groups excluding tert-OH is 2. The topological polar surface area (TPSA) is 96.3 Å². The normalized spacial score (nSPS) is 23.3. The highest BCUT2D eigenvalue weighted by Crippen LogP contribution is 2.34. The molecule has 7 nitrogen and oxygen atoms in total. The molecule has 0 spiro atoms. The lowest BCUT2D eigenvalue weighted by molar-refractivity contribution is 0.0572. The van der Waals surface area contributed by atoms with Crippen LogP contribution in [0.25, 0.3) is 0 Å². The molecule has 0 bridgehead atoms. The monoisotopic (exact) mass is 317 g/mol. The van der Waals surface area contributed by atoms with E-state index in [0.717, 1.165) is 4.31 Å². The number of hydrogen-bond acceptors (Lipinski definition) is 6. The Morgan fingerprint density at radius 1 is 1.10 bits per heavy atom. The molecule has 0 amide bonds. The van der Waals surface area contributed by atoms with E-state index in [-0.39, 0.29) is 18.0 Å². The predicted octanol–water partition coefficient (Wildman–Crippen LogP) is -0.262. The lowest BCUT2D eigenvalue weighted by Crippen LogP contribution is -2.30. The highest BCUT2D eigenvalue weighted by Gasteiger charge is 2.38. The molecular formula is C13H19NO6S. The molecule has 0 unspecified atom stereocenters. The van der Waals surface area contributed by atoms with Gasteiger partial charge in [-0.2, -0.15) is 4.31 Å². The molecule has 2 N–H and O–H groups in total. The number of β-amino-alcohol motifs (C(OH)–C–C–N with tert-alkyl or cyclic N) is 2. The second-order valence-electron chi connectivity index (χ2n) is 4.93. The summed E-state index contributed by atoms with van der Waals surface area (Å²) >= 11 is 0. The highest BCUT2D eigenvalue weighted by molar-refractivity contribution is 7.89. The number of rotatable bonds is 4. The van der Waals surface area contributed by atoms with E-state index in [1.165, 1.54) is 20.3 Å². The summed E-state index contributed by atoms with van der Waals surface area (Å²) in [6.07, 6.45) is -2.14. The minimum Gasteiger partial charge on any atom is -0.493 e. The first-order valence-electron chi connectivity index (χ1n) is 6.40. The van der Waals surface area contributed by atoms with Crippen LogP contribution in [-0.4, -0.2) is 62.5 Å². The van der Waals surface area contributed by atoms with Gasteiger partial charge in [-0.05, 0) is 18.6 Å². The van der Waals surface area contributed by atoms with E-state index in [2.05, 4.69) is 0 Å². The van der Waals surface area contributed by atoms with Gasteiger partial charge in [0.1, 0.15) is 0 Å². The minimum absolute atomic E-state index is 0.0708. The predicted molar refractivity (Wildman–Crippen MR) is 75.1 cm³/mol. The lowest BCUT2D eigenvalue weighted by atomic mass is 10.2. The van der Waals surface area contributed by atoms with Crippen LogP contribution in [0.5, 0.6) is 11.5 Å². The molecule has 2 rings (SSSR count). The number of nitrogens with zero attached hydrogens (tertiary/aromatic N) is 1. The zero-order valence-corrected chi connectivity index (χ0v) is 12.9. The van der Waals surface area contributed by atoms with Crippen molar-refractivity contribution in [3.05, 3.63) is 17.7 Å². The fraction of sp³-hybridized carbons (Fsp3) is 0.538. The Bertz CT molecular complexity index is 620. The minimum atomic E-state index is -3.82. The van der Waals surface area contributed by atoms with Crippen LogP contribution in [0.2, 0.25) is 0 Å². The third kappa shape index (κ3) is 2.84. The van der Waals surface area contributed by atoms with Crippen molar-refractivity contribution in [1.29, 1.82) is 0 Å². The summed E-state index contributed by atoms with van der Waals surface area (Å²) < 4.78 is 36.6. The molecule has 1 aromatic rings. The molecule has 8 heteroatoms. The van der Waals surface area contributed by atoms with Crippen LogP contribution in [0.1, 0.15) is 5.56 Å². The van der Waals surface area contributed by atoms with E-state index in [9.17, 15) is 18.6 Å². The fourth-order valence-corrected chi connectivity index (χ4v) is 4.01. The van der Waals surface area contributed by atoms with Gasteiger partial charge in [0.25, 0.3) is 0 Å². The molecule has 0 aromatic heterocycles. The SMILES string of the molecule is COc1cc(C)c(S(=O)(=O)N2C[C@@H](O)[C@@H](O)C2)cc1OC. The number of aliphatic hydroxyl groups is 2. The second-order valence-corrected chi connectivity index (χ2v) is 6.84. The maximum atomic E-state index is 12.6. The molecular weight excluding hydrogens is 298 g/mol. The smallest absolute Gasteiger partial charge is 0.243 e. The lowest BCUT2D eigenvalue weighted by Gasteiger charge is -2.19. The van der Waals surface area contributed by atoms with Gasteiger partial charge in [0.05, 0.1) is 31.3 Å². The van der Waals surface area contributed by atoms with Gasteiger partial charge in [0.15, 0.2) is 11.5 Å². The third-order valence-electron chi connectivity index (χ3n) is 3.52. The molecule has 118 valence electrons. The number of sulfonamides is 1. The van der Waals surface area contributed by atoms with Crippen LogP contribution in [0.3, 0.4) is 0 Å². The Morgan fingerprint density at radius 3 is 2.05 bits per heavy atom. The quantitative estimate of drug-likeness (QED) is 0.794. The van der Waals surface area contributed by atoms with E-state index in [1.807, 2.05) is 0 Å². The number of benzene rings is 1. The van der Waals surface area contributed by atoms with Crippen molar-refractivity contribution in [1.82, 2.24) is 4.31 Å². The number of ether oxygens (including phenoxy) is 2. The van der Waals surface area contributed by atoms with Crippen LogP contribution in [0.4, 0.5) is 0 Å². The highest BCUT2D eigenvalue weighted by atomic mass is 32.2. The first-order valence-corrected chi connectivity index (χ1v) is 7.84. The van der Waals surface area contributed by atoms with Gasteiger partial charge in [-0.15, -0.1) is 0 Å². The molecule has 1 saturated heterocycles. The Labute approximate surface area is 123 Å². The number of methoxy groups -OCH3 is 2. The van der Waals surface area contributed by atoms with E-state index in [0.29, 0.717) is 17.1 Å². The first-order chi connectivity index (χ1) is 9.81. The van der Waals surface area contributed by atoms with Crippen molar-refractivity contribution in [3.8, 4) is 11.5 Å². The summed E-state index contributed by atoms with van der Waals surface area (Å²) in [6, 6.07) is 2.97. The van der Waals surface area contributed by atoms with Crippen LogP contribution in [0, 0.1) is 6.92 Å². The van der Waals surface area contributed by atoms with Crippen molar-refractivity contribution in [3.63, 3.8) is 0 Å². The van der Waals surface area contributed by atoms with E-state index < -0.39 is 22.2 Å². The summed E-state index contributed by atoms with van der Waals surface area (Å²) in [5.74, 6) is 0.748. The van der Waals surface area contributed by atoms with Gasteiger partial charge in [-0.1, -0.05) is 0 Å². The fourth-order valence-electron chi connectivity index (χ4n) is 2.31. The van der Waals surface area contributed by atoms with Crippen LogP contribution in [0.15, 0.2) is 17.0 Å². The standard InChI is InChI=1S/C13H19NO6S/c1-8-4-11(19-2)12(20-3)5-13(8)21(17,18)14-6-9(15)10(16)7-14/h4-5,9-10,15-16H,6-7H2,1-3H3/t9-,10+. The second kappa shape index (κ2) is 5.80. The molecule has 21 heavy (non-hydrogen) atoms. The zero-order chi connectivity index (χ0) is 15.8. The average Bonchev–Trinajstić information content (AvgIpc) is 2.78. The van der Waals surface area contributed by atoms with Gasteiger partial charge in [-0.3, -0.25) is 0 Å². The van der Waals surface area contributed by atoms with Crippen molar-refractivity contribution < 1.29 is 28.1 Å². The van der Waals surface area contributed by atoms with E-state index in [4.69, 9.17) is 9.47 Å². The van der Waals surface area contributed by atoms with E-state index in [1.54, 1.807) is 13.0 Å². The molecule has 1 heterocycles. The summed E-state index contributed by atoms with van der Waals surface area (Å²) in [6.45, 7) is 1.40. The summed E-state index contributed by atoms with van der Waals surface area (Å²) in [4.78, 5) is 0.0708. The van der Waals surface area contributed by atoms with Gasteiger partial charge in [0, 0.05) is 19.2 Å². The summed E-state index contributed by atoms with van der Waals surface area (Å²) in [7, 11) is -0.921. The van der Waals surface area contributed by atoms with Gasteiger partial charge in [-0.25, -0.2) is 8.42 Å². The van der Waals surface area contributed by atoms with Crippen molar-refractivity contribution in [2.24, 2.45) is 0 Å². The zero-order valence-electron chi connectivity index (χ0n) is 12.1. The molecule has 1 fully saturated rings. The number of hydrogen-bond donors (Lipinski definition) is 2. The summed E-state index contributed by atoms with van der Waals surface area (Å²) in [5, 5.41) is 19.1. The van der Waals surface area contributed by atoms with Crippen molar-refractivity contribution >= 4 is 10.0 Å². The van der Waals surface area contributed by atoms with E-state index >= 15 is 0 Å². The van der Waals surface area contributed by atoms with Gasteiger partial charge < -0.3 is 19.7 Å². The largest absolute Gasteiger partial charge is 0.493 e. The molecule has 1 aromatic carbocycles. The number of aryl methyl sites for hydroxylation is 1. The molecule has 0 aliphatic carbocycles. The van der Waals surface area contributed by atoms with Crippen LogP contribution >= 0.6 is 0 Å². The third-order valence-corrected chi connectivity index (χ3v) is 5.50. The first kappa shape index (κ1) is 16.0. The summed E-state index contributed by atoms with van der Waals surface area (Å²) in [5.41, 5.74) is 0.503.